The van der Waals surface area contributed by atoms with Crippen LogP contribution in [0.4, 0.5) is 11.6 Å². The molecule has 0 radical (unpaired) electrons. The molecule has 0 fully saturated rings. The molecule has 1 atom stereocenters. The topological polar surface area (TPSA) is 65.1 Å². The summed E-state index contributed by atoms with van der Waals surface area (Å²) in [6.45, 7) is 3.89. The molecule has 30 heavy (non-hydrogen) atoms. The van der Waals surface area contributed by atoms with Crippen molar-refractivity contribution in [1.82, 2.24) is 18.7 Å². The largest absolute Gasteiger partial charge is 0.332 e. The van der Waals surface area contributed by atoms with Crippen molar-refractivity contribution in [3.05, 3.63) is 87.1 Å². The lowest BCUT2D eigenvalue weighted by atomic mass is 10.1. The van der Waals surface area contributed by atoms with E-state index in [-0.39, 0.29) is 17.8 Å². The number of nitrogens with zero attached hydrogens (tertiary/aromatic N) is 5. The first-order valence-corrected chi connectivity index (χ1v) is 10.1. The molecule has 7 heteroatoms. The van der Waals surface area contributed by atoms with Gasteiger partial charge < -0.3 is 9.47 Å². The number of rotatable bonds is 3. The van der Waals surface area contributed by atoms with Crippen molar-refractivity contribution < 1.29 is 0 Å². The van der Waals surface area contributed by atoms with Gasteiger partial charge in [-0.1, -0.05) is 55.5 Å². The fourth-order valence-electron chi connectivity index (χ4n) is 4.24. The Hall–Kier alpha value is -3.61. The number of benzene rings is 2. The molecule has 1 aliphatic heterocycles. The Morgan fingerprint density at radius 3 is 2.33 bits per heavy atom. The van der Waals surface area contributed by atoms with Gasteiger partial charge >= 0.3 is 5.69 Å². The predicted octanol–water partition coefficient (Wildman–Crippen LogP) is 2.73. The summed E-state index contributed by atoms with van der Waals surface area (Å²) in [4.78, 5) is 33.3. The second-order valence-corrected chi connectivity index (χ2v) is 7.96. The second kappa shape index (κ2) is 7.02. The first-order chi connectivity index (χ1) is 14.5. The van der Waals surface area contributed by atoms with E-state index in [1.54, 1.807) is 7.05 Å². The highest BCUT2D eigenvalue weighted by atomic mass is 16.2. The fraction of sp³-hybridized carbons (Fsp3) is 0.261. The van der Waals surface area contributed by atoms with Crippen LogP contribution in [0.15, 0.2) is 70.3 Å². The van der Waals surface area contributed by atoms with Crippen molar-refractivity contribution in [2.75, 3.05) is 11.4 Å². The van der Waals surface area contributed by atoms with Crippen LogP contribution in [0.1, 0.15) is 12.5 Å². The highest BCUT2D eigenvalue weighted by Crippen LogP contribution is 2.32. The quantitative estimate of drug-likeness (QED) is 0.530. The Morgan fingerprint density at radius 2 is 1.63 bits per heavy atom. The molecule has 0 unspecified atom stereocenters. The van der Waals surface area contributed by atoms with Gasteiger partial charge in [0.15, 0.2) is 11.2 Å². The second-order valence-electron chi connectivity index (χ2n) is 7.96. The molecule has 0 bridgehead atoms. The number of anilines is 2. The van der Waals surface area contributed by atoms with E-state index >= 15 is 0 Å². The molecular weight excluding hydrogens is 378 g/mol. The van der Waals surface area contributed by atoms with Crippen molar-refractivity contribution in [2.24, 2.45) is 13.0 Å². The van der Waals surface area contributed by atoms with E-state index in [9.17, 15) is 9.59 Å². The third-order valence-corrected chi connectivity index (χ3v) is 5.69. The van der Waals surface area contributed by atoms with Crippen LogP contribution in [0.5, 0.6) is 0 Å². The average molecular weight is 401 g/mol. The maximum atomic E-state index is 13.5. The van der Waals surface area contributed by atoms with Crippen LogP contribution < -0.4 is 16.1 Å². The summed E-state index contributed by atoms with van der Waals surface area (Å²) in [6.07, 6.45) is 0. The number of hydrogen-bond acceptors (Lipinski definition) is 4. The zero-order valence-electron chi connectivity index (χ0n) is 17.0. The molecule has 7 nitrogen and oxygen atoms in total. The molecule has 0 N–H and O–H groups in total. The summed E-state index contributed by atoms with van der Waals surface area (Å²) in [5.41, 5.74) is 2.20. The molecule has 2 aromatic carbocycles. The normalized spacial score (nSPS) is 16.1. The van der Waals surface area contributed by atoms with Gasteiger partial charge in [0, 0.05) is 25.8 Å². The van der Waals surface area contributed by atoms with E-state index in [0.717, 1.165) is 17.8 Å². The maximum absolute atomic E-state index is 13.5. The van der Waals surface area contributed by atoms with Crippen molar-refractivity contribution in [2.45, 2.75) is 20.0 Å². The molecule has 152 valence electrons. The minimum atomic E-state index is -0.355. The van der Waals surface area contributed by atoms with Crippen LogP contribution in [0.2, 0.25) is 0 Å². The van der Waals surface area contributed by atoms with Gasteiger partial charge in [0.05, 0.1) is 6.54 Å². The molecule has 0 amide bonds. The highest BCUT2D eigenvalue weighted by molar-refractivity contribution is 5.77. The SMILES string of the molecule is C[C@H]1CN(c2ccccc2)c2nc3c(c(=O)n(Cc4ccccc4)c(=O)n3C)n2C1. The van der Waals surface area contributed by atoms with Crippen LogP contribution in [0.25, 0.3) is 11.2 Å². The van der Waals surface area contributed by atoms with Crippen LogP contribution in [0.3, 0.4) is 0 Å². The zero-order valence-corrected chi connectivity index (χ0v) is 17.0. The third kappa shape index (κ3) is 2.85. The summed E-state index contributed by atoms with van der Waals surface area (Å²) in [7, 11) is 1.68. The smallest absolute Gasteiger partial charge is 0.312 e. The Bertz CT molecular complexity index is 1340. The van der Waals surface area contributed by atoms with Gasteiger partial charge in [0.25, 0.3) is 5.56 Å². The summed E-state index contributed by atoms with van der Waals surface area (Å²) >= 11 is 0. The van der Waals surface area contributed by atoms with E-state index in [0.29, 0.717) is 29.6 Å². The zero-order chi connectivity index (χ0) is 20.8. The van der Waals surface area contributed by atoms with Crippen LogP contribution >= 0.6 is 0 Å². The molecule has 0 spiro atoms. The van der Waals surface area contributed by atoms with Gasteiger partial charge in [-0.15, -0.1) is 0 Å². The predicted molar refractivity (Wildman–Crippen MR) is 117 cm³/mol. The monoisotopic (exact) mass is 401 g/mol. The van der Waals surface area contributed by atoms with Gasteiger partial charge in [-0.3, -0.25) is 13.9 Å². The van der Waals surface area contributed by atoms with Gasteiger partial charge in [-0.2, -0.15) is 4.98 Å². The van der Waals surface area contributed by atoms with Gasteiger partial charge in [-0.25, -0.2) is 4.79 Å². The first kappa shape index (κ1) is 18.4. The van der Waals surface area contributed by atoms with Crippen LogP contribution in [-0.2, 0) is 20.1 Å². The van der Waals surface area contributed by atoms with Crippen molar-refractivity contribution in [3.8, 4) is 0 Å². The lowest BCUT2D eigenvalue weighted by Crippen LogP contribution is -2.40. The number of fused-ring (bicyclic) bond motifs is 3. The Morgan fingerprint density at radius 1 is 0.967 bits per heavy atom. The van der Waals surface area contributed by atoms with Gasteiger partial charge in [-0.05, 0) is 23.6 Å². The summed E-state index contributed by atoms with van der Waals surface area (Å²) in [5, 5.41) is 0. The standard InChI is InChI=1S/C23H23N5O2/c1-16-13-26(18-11-7-4-8-12-18)22-24-20-19(27(22)14-16)21(29)28(23(30)25(20)2)15-17-9-5-3-6-10-17/h3-12,16H,13-15H2,1-2H3/t16-/m0/s1. The Kier molecular flexibility index (Phi) is 4.31. The van der Waals surface area contributed by atoms with Crippen molar-refractivity contribution in [1.29, 1.82) is 0 Å². The van der Waals surface area contributed by atoms with E-state index in [2.05, 4.69) is 11.8 Å². The van der Waals surface area contributed by atoms with E-state index in [1.807, 2.05) is 65.2 Å². The summed E-state index contributed by atoms with van der Waals surface area (Å²) in [6, 6.07) is 19.6. The highest BCUT2D eigenvalue weighted by Gasteiger charge is 2.29. The number of aromatic nitrogens is 4. The lowest BCUT2D eigenvalue weighted by molar-refractivity contribution is 0.458. The molecule has 3 heterocycles. The molecule has 0 saturated carbocycles. The maximum Gasteiger partial charge on any atom is 0.332 e. The number of imidazole rings is 1. The third-order valence-electron chi connectivity index (χ3n) is 5.69. The molecule has 0 saturated heterocycles. The minimum Gasteiger partial charge on any atom is -0.312 e. The molecule has 0 aliphatic carbocycles. The molecule has 1 aliphatic rings. The fourth-order valence-corrected chi connectivity index (χ4v) is 4.24. The van der Waals surface area contributed by atoms with Crippen LogP contribution in [0, 0.1) is 5.92 Å². The van der Waals surface area contributed by atoms with Crippen molar-refractivity contribution >= 4 is 22.8 Å². The number of para-hydroxylation sites is 1. The van der Waals surface area contributed by atoms with Crippen molar-refractivity contribution in [3.63, 3.8) is 0 Å². The van der Waals surface area contributed by atoms with Gasteiger partial charge in [0.2, 0.25) is 5.95 Å². The average Bonchev–Trinajstić information content (AvgIpc) is 3.15. The first-order valence-electron chi connectivity index (χ1n) is 10.1. The molecule has 5 rings (SSSR count). The molecule has 2 aromatic heterocycles. The molecular formula is C23H23N5O2. The number of aryl methyl sites for hydroxylation is 1. The van der Waals surface area contributed by atoms with E-state index < -0.39 is 0 Å². The van der Waals surface area contributed by atoms with E-state index in [4.69, 9.17) is 4.98 Å². The van der Waals surface area contributed by atoms with Gasteiger partial charge in [0.1, 0.15) is 0 Å². The molecule has 4 aromatic rings. The Labute approximate surface area is 173 Å². The minimum absolute atomic E-state index is 0.237. The van der Waals surface area contributed by atoms with Crippen LogP contribution in [-0.4, -0.2) is 25.2 Å². The Balaban J connectivity index is 1.74. The summed E-state index contributed by atoms with van der Waals surface area (Å²) < 4.78 is 4.76. The lowest BCUT2D eigenvalue weighted by Gasteiger charge is -2.32. The summed E-state index contributed by atoms with van der Waals surface area (Å²) in [5.74, 6) is 1.04. The number of hydrogen-bond donors (Lipinski definition) is 0. The van der Waals surface area contributed by atoms with E-state index in [1.165, 1.54) is 9.13 Å².